The predicted molar refractivity (Wildman–Crippen MR) is 31.7 cm³/mol. The number of aromatic amines is 1. The molecule has 0 atom stereocenters. The van der Waals surface area contributed by atoms with Crippen LogP contribution in [0, 0.1) is 17.3 Å². The standard InChI is InChI=1S/C6H3FN2O/c7-6-4(3-8)5(10)1-2-9-6/h1-2H,(H,9,10). The minimum Gasteiger partial charge on any atom is -0.337 e. The minimum absolute atomic E-state index is 0.470. The summed E-state index contributed by atoms with van der Waals surface area (Å²) < 4.78 is 12.4. The fourth-order valence-corrected chi connectivity index (χ4v) is 0.558. The maximum absolute atomic E-state index is 12.4. The highest BCUT2D eigenvalue weighted by molar-refractivity contribution is 5.25. The Morgan fingerprint density at radius 1 is 1.70 bits per heavy atom. The molecule has 0 unspecified atom stereocenters. The molecule has 0 fully saturated rings. The zero-order valence-electron chi connectivity index (χ0n) is 4.89. The number of hydrogen-bond acceptors (Lipinski definition) is 2. The first-order valence-electron chi connectivity index (χ1n) is 2.53. The second-order valence-electron chi connectivity index (χ2n) is 1.64. The molecule has 0 saturated carbocycles. The van der Waals surface area contributed by atoms with Crippen LogP contribution >= 0.6 is 0 Å². The van der Waals surface area contributed by atoms with E-state index >= 15 is 0 Å². The van der Waals surface area contributed by atoms with Crippen molar-refractivity contribution in [2.75, 3.05) is 0 Å². The van der Waals surface area contributed by atoms with Crippen LogP contribution in [0.4, 0.5) is 4.39 Å². The summed E-state index contributed by atoms with van der Waals surface area (Å²) in [7, 11) is 0. The molecule has 0 aromatic carbocycles. The van der Waals surface area contributed by atoms with Gasteiger partial charge in [-0.2, -0.15) is 9.65 Å². The van der Waals surface area contributed by atoms with Gasteiger partial charge in [0.1, 0.15) is 6.07 Å². The van der Waals surface area contributed by atoms with Crippen LogP contribution in [0.25, 0.3) is 0 Å². The van der Waals surface area contributed by atoms with Crippen molar-refractivity contribution in [2.24, 2.45) is 0 Å². The molecule has 1 heterocycles. The number of hydrogen-bond donors (Lipinski definition) is 1. The topological polar surface area (TPSA) is 56.6 Å². The third-order valence-corrected chi connectivity index (χ3v) is 1.02. The Kier molecular flexibility index (Phi) is 1.50. The fraction of sp³-hybridized carbons (Fsp3) is 0. The first-order valence-corrected chi connectivity index (χ1v) is 2.53. The van der Waals surface area contributed by atoms with Gasteiger partial charge in [0.05, 0.1) is 0 Å². The molecule has 0 aliphatic heterocycles. The molecular weight excluding hydrogens is 135 g/mol. The van der Waals surface area contributed by atoms with Gasteiger partial charge in [-0.05, 0) is 0 Å². The van der Waals surface area contributed by atoms with E-state index in [1.54, 1.807) is 0 Å². The number of nitrogens with zero attached hydrogens (tertiary/aromatic N) is 1. The number of nitrogens with one attached hydrogen (secondary N) is 1. The number of rotatable bonds is 0. The van der Waals surface area contributed by atoms with E-state index in [2.05, 4.69) is 4.98 Å². The third-order valence-electron chi connectivity index (χ3n) is 1.02. The Bertz CT molecular complexity index is 336. The summed E-state index contributed by atoms with van der Waals surface area (Å²) in [6, 6.07) is 2.54. The molecule has 50 valence electrons. The molecule has 3 nitrogen and oxygen atoms in total. The highest BCUT2D eigenvalue weighted by Crippen LogP contribution is 1.92. The van der Waals surface area contributed by atoms with Gasteiger partial charge in [0.25, 0.3) is 0 Å². The van der Waals surface area contributed by atoms with Crippen LogP contribution in [0.2, 0.25) is 0 Å². The highest BCUT2D eigenvalue weighted by Gasteiger charge is 2.02. The van der Waals surface area contributed by atoms with Crippen LogP contribution in [0.15, 0.2) is 17.1 Å². The Morgan fingerprint density at radius 2 is 2.40 bits per heavy atom. The lowest BCUT2D eigenvalue weighted by Gasteiger charge is -1.87. The van der Waals surface area contributed by atoms with Gasteiger partial charge in [0, 0.05) is 12.3 Å². The van der Waals surface area contributed by atoms with E-state index in [4.69, 9.17) is 5.26 Å². The Labute approximate surface area is 55.7 Å². The maximum atomic E-state index is 12.4. The zero-order valence-corrected chi connectivity index (χ0v) is 4.89. The van der Waals surface area contributed by atoms with Gasteiger partial charge in [0.15, 0.2) is 5.56 Å². The maximum Gasteiger partial charge on any atom is 0.213 e. The average molecular weight is 138 g/mol. The third kappa shape index (κ3) is 0.890. The first-order chi connectivity index (χ1) is 4.75. The van der Waals surface area contributed by atoms with Gasteiger partial charge in [-0.15, -0.1) is 0 Å². The highest BCUT2D eigenvalue weighted by atomic mass is 19.1. The van der Waals surface area contributed by atoms with Crippen LogP contribution < -0.4 is 5.43 Å². The van der Waals surface area contributed by atoms with Crippen LogP contribution in [-0.4, -0.2) is 4.98 Å². The molecule has 0 spiro atoms. The Morgan fingerprint density at radius 3 is 2.80 bits per heavy atom. The molecule has 0 aliphatic rings. The van der Waals surface area contributed by atoms with Crippen LogP contribution in [-0.2, 0) is 0 Å². The van der Waals surface area contributed by atoms with Crippen LogP contribution in [0.3, 0.4) is 0 Å². The van der Waals surface area contributed by atoms with E-state index in [-0.39, 0.29) is 0 Å². The van der Waals surface area contributed by atoms with Gasteiger partial charge in [0.2, 0.25) is 11.4 Å². The number of aromatic nitrogens is 1. The molecule has 0 aliphatic carbocycles. The number of pyridine rings is 1. The summed E-state index contributed by atoms with van der Waals surface area (Å²) in [5, 5.41) is 8.19. The van der Waals surface area contributed by atoms with Crippen molar-refractivity contribution in [3.05, 3.63) is 34.0 Å². The average Bonchev–Trinajstić information content (AvgIpc) is 1.88. The number of nitriles is 1. The second-order valence-corrected chi connectivity index (χ2v) is 1.64. The first kappa shape index (κ1) is 6.49. The molecule has 0 radical (unpaired) electrons. The zero-order chi connectivity index (χ0) is 7.56. The van der Waals surface area contributed by atoms with Gasteiger partial charge >= 0.3 is 0 Å². The van der Waals surface area contributed by atoms with E-state index in [9.17, 15) is 9.18 Å². The van der Waals surface area contributed by atoms with E-state index in [0.29, 0.717) is 0 Å². The summed E-state index contributed by atoms with van der Waals surface area (Å²) in [6.07, 6.45) is 1.15. The molecule has 1 N–H and O–H groups in total. The van der Waals surface area contributed by atoms with Gasteiger partial charge in [-0.1, -0.05) is 0 Å². The second kappa shape index (κ2) is 2.31. The quantitative estimate of drug-likeness (QED) is 0.527. The molecule has 1 rings (SSSR count). The molecule has 0 amide bonds. The SMILES string of the molecule is N#Cc1c(F)[nH]ccc1=O. The van der Waals surface area contributed by atoms with Crippen LogP contribution in [0.5, 0.6) is 0 Å². The van der Waals surface area contributed by atoms with E-state index in [1.165, 1.54) is 6.07 Å². The van der Waals surface area contributed by atoms with E-state index < -0.39 is 16.9 Å². The van der Waals surface area contributed by atoms with E-state index in [1.807, 2.05) is 0 Å². The van der Waals surface area contributed by atoms with Crippen molar-refractivity contribution in [2.45, 2.75) is 0 Å². The normalized spacial score (nSPS) is 8.80. The summed E-state index contributed by atoms with van der Waals surface area (Å²) in [5.74, 6) is -0.880. The van der Waals surface area contributed by atoms with E-state index in [0.717, 1.165) is 12.3 Å². The minimum atomic E-state index is -0.880. The van der Waals surface area contributed by atoms with Gasteiger partial charge < -0.3 is 4.98 Å². The van der Waals surface area contributed by atoms with Gasteiger partial charge in [-0.3, -0.25) is 4.79 Å². The number of H-pyrrole nitrogens is 1. The summed E-state index contributed by atoms with van der Waals surface area (Å²) in [6.45, 7) is 0. The van der Waals surface area contributed by atoms with Crippen molar-refractivity contribution in [1.82, 2.24) is 4.98 Å². The molecule has 10 heavy (non-hydrogen) atoms. The lowest BCUT2D eigenvalue weighted by molar-refractivity contribution is 0.578. The lowest BCUT2D eigenvalue weighted by atomic mass is 10.3. The largest absolute Gasteiger partial charge is 0.337 e. The molecule has 1 aromatic rings. The van der Waals surface area contributed by atoms with Crippen LogP contribution in [0.1, 0.15) is 5.56 Å². The molecule has 4 heteroatoms. The van der Waals surface area contributed by atoms with Crippen molar-refractivity contribution >= 4 is 0 Å². The molecular formula is C6H3FN2O. The van der Waals surface area contributed by atoms with Gasteiger partial charge in [-0.25, -0.2) is 0 Å². The predicted octanol–water partition coefficient (Wildman–Crippen LogP) is 0.386. The Hall–Kier alpha value is -1.63. The van der Waals surface area contributed by atoms with Crippen molar-refractivity contribution in [3.8, 4) is 6.07 Å². The summed E-state index contributed by atoms with van der Waals surface area (Å²) >= 11 is 0. The smallest absolute Gasteiger partial charge is 0.213 e. The van der Waals surface area contributed by atoms with Crippen molar-refractivity contribution < 1.29 is 4.39 Å². The summed E-state index contributed by atoms with van der Waals surface area (Å²) in [4.78, 5) is 12.7. The number of halogens is 1. The fourth-order valence-electron chi connectivity index (χ4n) is 0.558. The molecule has 0 bridgehead atoms. The lowest BCUT2D eigenvalue weighted by Crippen LogP contribution is -2.07. The molecule has 1 aromatic heterocycles. The van der Waals surface area contributed by atoms with Crippen molar-refractivity contribution in [3.63, 3.8) is 0 Å². The van der Waals surface area contributed by atoms with Crippen molar-refractivity contribution in [1.29, 1.82) is 5.26 Å². The monoisotopic (exact) mass is 138 g/mol. The molecule has 0 saturated heterocycles. The Balaban J connectivity index is 3.50. The summed E-state index contributed by atoms with van der Waals surface area (Å²) in [5.41, 5.74) is -1.07.